The van der Waals surface area contributed by atoms with Crippen molar-refractivity contribution in [3.63, 3.8) is 0 Å². The van der Waals surface area contributed by atoms with Gasteiger partial charge in [-0.2, -0.15) is 10.1 Å². The number of H-pyrrole nitrogens is 1. The molecule has 0 spiro atoms. The Morgan fingerprint density at radius 1 is 1.20 bits per heavy atom. The third-order valence-corrected chi connectivity index (χ3v) is 5.34. The number of amides is 1. The zero-order valence-electron chi connectivity index (χ0n) is 16.9. The monoisotopic (exact) mass is 406 g/mol. The first kappa shape index (κ1) is 19.8. The second-order valence-electron chi connectivity index (χ2n) is 7.66. The van der Waals surface area contributed by atoms with Crippen LogP contribution in [0.2, 0.25) is 0 Å². The molecule has 0 radical (unpaired) electrons. The van der Waals surface area contributed by atoms with Crippen molar-refractivity contribution in [2.24, 2.45) is 11.5 Å². The van der Waals surface area contributed by atoms with Crippen molar-refractivity contribution in [2.45, 2.75) is 44.7 Å². The Bertz CT molecular complexity index is 1030. The van der Waals surface area contributed by atoms with E-state index in [1.165, 1.54) is 6.20 Å². The lowest BCUT2D eigenvalue weighted by Crippen LogP contribution is -2.43. The van der Waals surface area contributed by atoms with E-state index in [1.807, 2.05) is 37.3 Å². The molecule has 1 amide bonds. The first-order chi connectivity index (χ1) is 14.5. The molecule has 0 bridgehead atoms. The van der Waals surface area contributed by atoms with E-state index in [0.717, 1.165) is 48.3 Å². The summed E-state index contributed by atoms with van der Waals surface area (Å²) in [5.74, 6) is 0.184. The first-order valence-corrected chi connectivity index (χ1v) is 10.1. The van der Waals surface area contributed by atoms with Crippen LogP contribution in [0, 0.1) is 6.92 Å². The van der Waals surface area contributed by atoms with Crippen molar-refractivity contribution in [3.8, 4) is 11.3 Å². The Balaban J connectivity index is 1.55. The summed E-state index contributed by atoms with van der Waals surface area (Å²) in [7, 11) is 0. The molecule has 2 atom stereocenters. The van der Waals surface area contributed by atoms with Crippen LogP contribution in [0.5, 0.6) is 0 Å². The van der Waals surface area contributed by atoms with Gasteiger partial charge in [-0.25, -0.2) is 4.98 Å². The molecule has 1 aliphatic carbocycles. The average Bonchev–Trinajstić information content (AvgIpc) is 3.17. The predicted molar refractivity (Wildman–Crippen MR) is 116 cm³/mol. The fourth-order valence-corrected chi connectivity index (χ4v) is 3.66. The Labute approximate surface area is 174 Å². The molecule has 1 aliphatic rings. The van der Waals surface area contributed by atoms with Gasteiger partial charge in [-0.1, -0.05) is 25.0 Å². The van der Waals surface area contributed by atoms with Gasteiger partial charge in [0.15, 0.2) is 0 Å². The number of hydrogen-bond acceptors (Lipinski definition) is 7. The lowest BCUT2D eigenvalue weighted by atomic mass is 9.91. The third kappa shape index (κ3) is 4.41. The number of carbonyl (C=O) groups excluding carboxylic acids is 1. The van der Waals surface area contributed by atoms with Gasteiger partial charge in [-0.3, -0.25) is 9.89 Å². The van der Waals surface area contributed by atoms with Crippen LogP contribution in [-0.4, -0.2) is 38.2 Å². The number of nitrogens with one attached hydrogen (secondary N) is 3. The van der Waals surface area contributed by atoms with Crippen LogP contribution in [0.25, 0.3) is 11.3 Å². The van der Waals surface area contributed by atoms with Gasteiger partial charge in [0, 0.05) is 35.2 Å². The average molecular weight is 406 g/mol. The number of nitrogens with two attached hydrogens (primary N) is 2. The standard InChI is InChI=1S/C21H26N8O/c1-12-10-18(29-28-12)13-6-8-14(9-7-13)25-20-15(19(23)30)11-24-21(27-20)26-17-5-3-2-4-16(17)22/h6-11,16-17H,2-5,22H2,1H3,(H2,23,30)(H,28,29)(H2,24,25,26,27). The number of benzene rings is 1. The van der Waals surface area contributed by atoms with Crippen molar-refractivity contribution in [2.75, 3.05) is 10.6 Å². The summed E-state index contributed by atoms with van der Waals surface area (Å²) in [5, 5.41) is 13.7. The zero-order chi connectivity index (χ0) is 21.1. The van der Waals surface area contributed by atoms with E-state index >= 15 is 0 Å². The van der Waals surface area contributed by atoms with E-state index in [1.54, 1.807) is 0 Å². The Morgan fingerprint density at radius 2 is 1.97 bits per heavy atom. The number of aryl methyl sites for hydroxylation is 1. The minimum Gasteiger partial charge on any atom is -0.365 e. The molecule has 1 fully saturated rings. The highest BCUT2D eigenvalue weighted by Gasteiger charge is 2.23. The fourth-order valence-electron chi connectivity index (χ4n) is 3.66. The highest BCUT2D eigenvalue weighted by molar-refractivity contribution is 5.98. The second-order valence-corrected chi connectivity index (χ2v) is 7.66. The summed E-state index contributed by atoms with van der Waals surface area (Å²) >= 11 is 0. The van der Waals surface area contributed by atoms with Crippen LogP contribution in [0.1, 0.15) is 41.7 Å². The molecule has 9 heteroatoms. The van der Waals surface area contributed by atoms with E-state index in [2.05, 4.69) is 30.8 Å². The lowest BCUT2D eigenvalue weighted by molar-refractivity contribution is 0.100. The molecule has 0 aliphatic heterocycles. The van der Waals surface area contributed by atoms with Crippen molar-refractivity contribution in [3.05, 3.63) is 47.8 Å². The molecular weight excluding hydrogens is 380 g/mol. The molecular formula is C21H26N8O. The van der Waals surface area contributed by atoms with E-state index < -0.39 is 5.91 Å². The summed E-state index contributed by atoms with van der Waals surface area (Å²) in [6.07, 6.45) is 5.65. The quantitative estimate of drug-likeness (QED) is 0.423. The summed E-state index contributed by atoms with van der Waals surface area (Å²) in [6.45, 7) is 1.96. The normalized spacial score (nSPS) is 18.7. The van der Waals surface area contributed by atoms with Crippen molar-refractivity contribution in [1.29, 1.82) is 0 Å². The molecule has 9 nitrogen and oxygen atoms in total. The molecule has 4 rings (SSSR count). The molecule has 30 heavy (non-hydrogen) atoms. The van der Waals surface area contributed by atoms with E-state index in [-0.39, 0.29) is 17.6 Å². The number of hydrogen-bond donors (Lipinski definition) is 5. The van der Waals surface area contributed by atoms with Crippen LogP contribution in [0.4, 0.5) is 17.5 Å². The summed E-state index contributed by atoms with van der Waals surface area (Å²) in [6, 6.07) is 9.85. The van der Waals surface area contributed by atoms with Crippen LogP contribution in [0.3, 0.4) is 0 Å². The van der Waals surface area contributed by atoms with Crippen molar-refractivity contribution in [1.82, 2.24) is 20.2 Å². The van der Waals surface area contributed by atoms with Gasteiger partial charge < -0.3 is 22.1 Å². The molecule has 7 N–H and O–H groups in total. The summed E-state index contributed by atoms with van der Waals surface area (Å²) < 4.78 is 0. The molecule has 2 aromatic heterocycles. The van der Waals surface area contributed by atoms with Crippen LogP contribution < -0.4 is 22.1 Å². The summed E-state index contributed by atoms with van der Waals surface area (Å²) in [4.78, 5) is 20.6. The molecule has 2 unspecified atom stereocenters. The van der Waals surface area contributed by atoms with Gasteiger partial charge in [0.25, 0.3) is 5.91 Å². The van der Waals surface area contributed by atoms with E-state index in [9.17, 15) is 4.79 Å². The number of anilines is 3. The minimum atomic E-state index is -0.595. The van der Waals surface area contributed by atoms with Crippen molar-refractivity contribution >= 4 is 23.4 Å². The lowest BCUT2D eigenvalue weighted by Gasteiger charge is -2.29. The maximum Gasteiger partial charge on any atom is 0.254 e. The minimum absolute atomic E-state index is 0.0628. The van der Waals surface area contributed by atoms with E-state index in [4.69, 9.17) is 11.5 Å². The number of rotatable bonds is 6. The van der Waals surface area contributed by atoms with E-state index in [0.29, 0.717) is 11.8 Å². The summed E-state index contributed by atoms with van der Waals surface area (Å²) in [5.41, 5.74) is 15.6. The van der Waals surface area contributed by atoms with Crippen LogP contribution >= 0.6 is 0 Å². The largest absolute Gasteiger partial charge is 0.365 e. The maximum absolute atomic E-state index is 11.9. The number of carbonyl (C=O) groups is 1. The number of primary amides is 1. The van der Waals surface area contributed by atoms with Gasteiger partial charge in [-0.15, -0.1) is 0 Å². The number of aromatic amines is 1. The third-order valence-electron chi connectivity index (χ3n) is 5.34. The first-order valence-electron chi connectivity index (χ1n) is 10.1. The molecule has 156 valence electrons. The van der Waals surface area contributed by atoms with Gasteiger partial charge in [0.05, 0.1) is 5.69 Å². The Hall–Kier alpha value is -3.46. The predicted octanol–water partition coefficient (Wildman–Crippen LogP) is 2.70. The Morgan fingerprint density at radius 3 is 2.63 bits per heavy atom. The molecule has 3 aromatic rings. The molecule has 1 aromatic carbocycles. The zero-order valence-corrected chi connectivity index (χ0v) is 16.9. The molecule has 0 saturated heterocycles. The van der Waals surface area contributed by atoms with Crippen LogP contribution in [0.15, 0.2) is 36.5 Å². The highest BCUT2D eigenvalue weighted by Crippen LogP contribution is 2.25. The number of nitrogens with zero attached hydrogens (tertiary/aromatic N) is 3. The van der Waals surface area contributed by atoms with Crippen LogP contribution in [-0.2, 0) is 0 Å². The SMILES string of the molecule is Cc1cc(-c2ccc(Nc3nc(NC4CCCCC4N)ncc3C(N)=O)cc2)n[nH]1. The fraction of sp³-hybridized carbons (Fsp3) is 0.333. The Kier molecular flexibility index (Phi) is 5.62. The van der Waals surface area contributed by atoms with Gasteiger partial charge in [0.2, 0.25) is 5.95 Å². The number of aromatic nitrogens is 4. The second kappa shape index (κ2) is 8.50. The maximum atomic E-state index is 11.9. The smallest absolute Gasteiger partial charge is 0.254 e. The van der Waals surface area contributed by atoms with Crippen molar-refractivity contribution < 1.29 is 4.79 Å². The molecule has 1 saturated carbocycles. The van der Waals surface area contributed by atoms with Gasteiger partial charge in [0.1, 0.15) is 11.4 Å². The highest BCUT2D eigenvalue weighted by atomic mass is 16.1. The van der Waals surface area contributed by atoms with Gasteiger partial charge in [-0.05, 0) is 38.0 Å². The molecule has 2 heterocycles. The topological polar surface area (TPSA) is 148 Å². The van der Waals surface area contributed by atoms with Gasteiger partial charge >= 0.3 is 0 Å².